The summed E-state index contributed by atoms with van der Waals surface area (Å²) >= 11 is 6.02. The standard InChI is InChI=1S/C17H12ClFN2O2/c1-10-2-7-13(8-14(10)18)20-17(22)15-9-16(23-21-15)11-3-5-12(19)6-4-11/h2-9H,1H3,(H,20,22). The van der Waals surface area contributed by atoms with E-state index in [9.17, 15) is 9.18 Å². The Morgan fingerprint density at radius 3 is 2.61 bits per heavy atom. The number of rotatable bonds is 3. The van der Waals surface area contributed by atoms with Crippen LogP contribution < -0.4 is 5.32 Å². The van der Waals surface area contributed by atoms with Crippen LogP contribution in [0.2, 0.25) is 5.02 Å². The van der Waals surface area contributed by atoms with Gasteiger partial charge in [0.15, 0.2) is 11.5 Å². The fraction of sp³-hybridized carbons (Fsp3) is 0.0588. The van der Waals surface area contributed by atoms with E-state index in [4.69, 9.17) is 16.1 Å². The van der Waals surface area contributed by atoms with Gasteiger partial charge in [0, 0.05) is 22.3 Å². The van der Waals surface area contributed by atoms with E-state index in [0.29, 0.717) is 22.0 Å². The van der Waals surface area contributed by atoms with Crippen LogP contribution in [0.25, 0.3) is 11.3 Å². The highest BCUT2D eigenvalue weighted by Gasteiger charge is 2.14. The largest absolute Gasteiger partial charge is 0.355 e. The number of nitrogens with zero attached hydrogens (tertiary/aromatic N) is 1. The Morgan fingerprint density at radius 2 is 1.91 bits per heavy atom. The molecule has 0 atom stereocenters. The number of amides is 1. The maximum Gasteiger partial charge on any atom is 0.277 e. The van der Waals surface area contributed by atoms with Gasteiger partial charge >= 0.3 is 0 Å². The van der Waals surface area contributed by atoms with E-state index >= 15 is 0 Å². The first-order valence-corrected chi connectivity index (χ1v) is 7.21. The second-order valence-electron chi connectivity index (χ2n) is 5.00. The number of aromatic nitrogens is 1. The Labute approximate surface area is 136 Å². The number of benzene rings is 2. The summed E-state index contributed by atoms with van der Waals surface area (Å²) in [6.07, 6.45) is 0. The molecule has 0 bridgehead atoms. The Bertz CT molecular complexity index is 859. The predicted octanol–water partition coefficient (Wildman–Crippen LogP) is 4.69. The molecule has 0 spiro atoms. The Balaban J connectivity index is 1.78. The van der Waals surface area contributed by atoms with Crippen molar-refractivity contribution in [2.24, 2.45) is 0 Å². The molecule has 1 amide bonds. The van der Waals surface area contributed by atoms with Gasteiger partial charge in [-0.05, 0) is 48.9 Å². The van der Waals surface area contributed by atoms with Gasteiger partial charge < -0.3 is 9.84 Å². The summed E-state index contributed by atoms with van der Waals surface area (Å²) in [5.74, 6) is -0.374. The van der Waals surface area contributed by atoms with Crippen LogP contribution in [-0.2, 0) is 0 Å². The van der Waals surface area contributed by atoms with E-state index in [1.54, 1.807) is 24.3 Å². The van der Waals surface area contributed by atoms with E-state index in [2.05, 4.69) is 10.5 Å². The molecule has 0 fully saturated rings. The molecule has 0 saturated carbocycles. The van der Waals surface area contributed by atoms with Crippen molar-refractivity contribution in [3.8, 4) is 11.3 Å². The molecule has 1 aromatic heterocycles. The Hall–Kier alpha value is -2.66. The molecule has 3 aromatic rings. The fourth-order valence-electron chi connectivity index (χ4n) is 2.00. The molecule has 0 unspecified atom stereocenters. The average molecular weight is 331 g/mol. The molecule has 0 aliphatic carbocycles. The van der Waals surface area contributed by atoms with E-state index in [0.717, 1.165) is 5.56 Å². The second-order valence-corrected chi connectivity index (χ2v) is 5.41. The summed E-state index contributed by atoms with van der Waals surface area (Å²) in [4.78, 5) is 12.2. The molecule has 116 valence electrons. The van der Waals surface area contributed by atoms with Crippen molar-refractivity contribution in [2.75, 3.05) is 5.32 Å². The zero-order valence-electron chi connectivity index (χ0n) is 12.1. The van der Waals surface area contributed by atoms with Crippen molar-refractivity contribution in [2.45, 2.75) is 6.92 Å². The number of halogens is 2. The lowest BCUT2D eigenvalue weighted by Gasteiger charge is -2.04. The molecule has 1 heterocycles. The maximum atomic E-state index is 12.9. The third-order valence-corrected chi connectivity index (χ3v) is 3.71. The number of hydrogen-bond donors (Lipinski definition) is 1. The smallest absolute Gasteiger partial charge is 0.277 e. The van der Waals surface area contributed by atoms with Gasteiger partial charge in [-0.15, -0.1) is 0 Å². The highest BCUT2D eigenvalue weighted by atomic mass is 35.5. The SMILES string of the molecule is Cc1ccc(NC(=O)c2cc(-c3ccc(F)cc3)on2)cc1Cl. The lowest BCUT2D eigenvalue weighted by molar-refractivity contribution is 0.101. The molecule has 0 saturated heterocycles. The lowest BCUT2D eigenvalue weighted by Crippen LogP contribution is -2.12. The van der Waals surface area contributed by atoms with Gasteiger partial charge in [-0.1, -0.05) is 22.8 Å². The van der Waals surface area contributed by atoms with E-state index in [1.165, 1.54) is 18.2 Å². The predicted molar refractivity (Wildman–Crippen MR) is 86.0 cm³/mol. The molecule has 2 aromatic carbocycles. The van der Waals surface area contributed by atoms with Gasteiger partial charge in [-0.2, -0.15) is 0 Å². The monoisotopic (exact) mass is 330 g/mol. The summed E-state index contributed by atoms with van der Waals surface area (Å²) in [7, 11) is 0. The number of carbonyl (C=O) groups excluding carboxylic acids is 1. The quantitative estimate of drug-likeness (QED) is 0.757. The van der Waals surface area contributed by atoms with Crippen molar-refractivity contribution in [3.63, 3.8) is 0 Å². The summed E-state index contributed by atoms with van der Waals surface area (Å²) in [5.41, 5.74) is 2.25. The molecular weight excluding hydrogens is 319 g/mol. The zero-order chi connectivity index (χ0) is 16.4. The fourth-order valence-corrected chi connectivity index (χ4v) is 2.18. The van der Waals surface area contributed by atoms with Crippen molar-refractivity contribution in [1.82, 2.24) is 5.16 Å². The van der Waals surface area contributed by atoms with Gasteiger partial charge in [-0.25, -0.2) is 4.39 Å². The van der Waals surface area contributed by atoms with Crippen molar-refractivity contribution >= 4 is 23.2 Å². The zero-order valence-corrected chi connectivity index (χ0v) is 12.9. The normalized spacial score (nSPS) is 10.6. The van der Waals surface area contributed by atoms with Crippen LogP contribution in [0, 0.1) is 12.7 Å². The van der Waals surface area contributed by atoms with Crippen molar-refractivity contribution in [3.05, 3.63) is 70.6 Å². The van der Waals surface area contributed by atoms with E-state index < -0.39 is 5.91 Å². The molecular formula is C17H12ClFN2O2. The minimum atomic E-state index is -0.415. The van der Waals surface area contributed by atoms with Gasteiger partial charge in [0.25, 0.3) is 5.91 Å². The van der Waals surface area contributed by atoms with Gasteiger partial charge in [-0.3, -0.25) is 4.79 Å². The third-order valence-electron chi connectivity index (χ3n) is 3.30. The minimum Gasteiger partial charge on any atom is -0.355 e. The second kappa shape index (κ2) is 6.22. The molecule has 0 aliphatic rings. The van der Waals surface area contributed by atoms with Crippen LogP contribution in [0.15, 0.2) is 53.1 Å². The molecule has 0 aliphatic heterocycles. The van der Waals surface area contributed by atoms with E-state index in [-0.39, 0.29) is 11.5 Å². The number of hydrogen-bond acceptors (Lipinski definition) is 3. The summed E-state index contributed by atoms with van der Waals surface area (Å²) in [6.45, 7) is 1.88. The summed E-state index contributed by atoms with van der Waals surface area (Å²) in [5, 5.41) is 7.00. The minimum absolute atomic E-state index is 0.126. The number of carbonyl (C=O) groups is 1. The van der Waals surface area contributed by atoms with Crippen molar-refractivity contribution < 1.29 is 13.7 Å². The van der Waals surface area contributed by atoms with Crippen LogP contribution in [0.3, 0.4) is 0 Å². The third kappa shape index (κ3) is 3.40. The van der Waals surface area contributed by atoms with Gasteiger partial charge in [0.05, 0.1) is 0 Å². The topological polar surface area (TPSA) is 55.1 Å². The lowest BCUT2D eigenvalue weighted by atomic mass is 10.1. The highest BCUT2D eigenvalue weighted by molar-refractivity contribution is 6.31. The van der Waals surface area contributed by atoms with Crippen LogP contribution in [0.5, 0.6) is 0 Å². The van der Waals surface area contributed by atoms with Gasteiger partial charge in [0.2, 0.25) is 0 Å². The molecule has 0 radical (unpaired) electrons. The summed E-state index contributed by atoms with van der Waals surface area (Å²) < 4.78 is 18.1. The first kappa shape index (κ1) is 15.2. The highest BCUT2D eigenvalue weighted by Crippen LogP contribution is 2.23. The maximum absolute atomic E-state index is 12.9. The molecule has 23 heavy (non-hydrogen) atoms. The molecule has 4 nitrogen and oxygen atoms in total. The van der Waals surface area contributed by atoms with Crippen LogP contribution >= 0.6 is 11.6 Å². The number of anilines is 1. The first-order chi connectivity index (χ1) is 11.0. The molecule has 3 rings (SSSR count). The van der Waals surface area contributed by atoms with Gasteiger partial charge in [0.1, 0.15) is 5.82 Å². The van der Waals surface area contributed by atoms with E-state index in [1.807, 2.05) is 13.0 Å². The summed E-state index contributed by atoms with van der Waals surface area (Å²) in [6, 6.07) is 12.4. The van der Waals surface area contributed by atoms with Crippen LogP contribution in [0.1, 0.15) is 16.1 Å². The average Bonchev–Trinajstić information content (AvgIpc) is 3.02. The Morgan fingerprint density at radius 1 is 1.17 bits per heavy atom. The van der Waals surface area contributed by atoms with Crippen LogP contribution in [-0.4, -0.2) is 11.1 Å². The first-order valence-electron chi connectivity index (χ1n) is 6.83. The number of nitrogens with one attached hydrogen (secondary N) is 1. The Kier molecular flexibility index (Phi) is 4.12. The van der Waals surface area contributed by atoms with Crippen LogP contribution in [0.4, 0.5) is 10.1 Å². The number of aryl methyl sites for hydroxylation is 1. The molecule has 6 heteroatoms. The van der Waals surface area contributed by atoms with Crippen molar-refractivity contribution in [1.29, 1.82) is 0 Å². The molecule has 1 N–H and O–H groups in total.